The Labute approximate surface area is 114 Å². The van der Waals surface area contributed by atoms with Crippen LogP contribution in [0.5, 0.6) is 0 Å². The molecule has 0 atom stereocenters. The van der Waals surface area contributed by atoms with Gasteiger partial charge in [0.05, 0.1) is 17.4 Å². The van der Waals surface area contributed by atoms with Gasteiger partial charge >= 0.3 is 0 Å². The van der Waals surface area contributed by atoms with E-state index in [1.165, 1.54) is 11.8 Å². The minimum absolute atomic E-state index is 0.548. The Bertz CT molecular complexity index is 562. The van der Waals surface area contributed by atoms with E-state index in [0.717, 1.165) is 11.3 Å². The molecule has 0 aliphatic rings. The second-order valence-electron chi connectivity index (χ2n) is 3.45. The molecule has 0 bridgehead atoms. The Morgan fingerprint density at radius 2 is 2.11 bits per heavy atom. The van der Waals surface area contributed by atoms with Crippen LogP contribution in [0, 0.1) is 11.3 Å². The van der Waals surface area contributed by atoms with Crippen molar-refractivity contribution in [2.75, 3.05) is 6.26 Å². The largest absolute Gasteiger partial charge is 0.415 e. The molecule has 6 heteroatoms. The molecule has 0 saturated carbocycles. The van der Waals surface area contributed by atoms with Gasteiger partial charge in [-0.2, -0.15) is 17.0 Å². The molecule has 0 N–H and O–H groups in total. The van der Waals surface area contributed by atoms with Gasteiger partial charge in [0.1, 0.15) is 0 Å². The van der Waals surface area contributed by atoms with E-state index in [0.29, 0.717) is 22.4 Å². The van der Waals surface area contributed by atoms with E-state index in [2.05, 4.69) is 16.3 Å². The van der Waals surface area contributed by atoms with Gasteiger partial charge in [0.25, 0.3) is 5.22 Å². The molecule has 4 nitrogen and oxygen atoms in total. The maximum atomic E-state index is 8.98. The Morgan fingerprint density at radius 1 is 1.28 bits per heavy atom. The average molecular weight is 277 g/mol. The normalized spacial score (nSPS) is 10.2. The van der Waals surface area contributed by atoms with Gasteiger partial charge in [-0.15, -0.1) is 10.2 Å². The SMILES string of the molecule is CSCc1nnc(SCc2ccccc2C#N)o1. The van der Waals surface area contributed by atoms with E-state index in [1.54, 1.807) is 11.8 Å². The van der Waals surface area contributed by atoms with Crippen molar-refractivity contribution in [3.05, 3.63) is 41.3 Å². The highest BCUT2D eigenvalue weighted by molar-refractivity contribution is 7.98. The standard InChI is InChI=1S/C12H11N3OS2/c1-17-8-11-14-15-12(16-11)18-7-10-5-3-2-4-9(10)6-13/h2-5H,7-8H2,1H3. The number of nitriles is 1. The predicted molar refractivity (Wildman–Crippen MR) is 72.2 cm³/mol. The van der Waals surface area contributed by atoms with E-state index in [9.17, 15) is 0 Å². The molecule has 0 amide bonds. The third kappa shape index (κ3) is 3.28. The summed E-state index contributed by atoms with van der Waals surface area (Å²) in [4.78, 5) is 0. The molecule has 0 unspecified atom stereocenters. The maximum Gasteiger partial charge on any atom is 0.276 e. The second kappa shape index (κ2) is 6.47. The number of rotatable bonds is 5. The van der Waals surface area contributed by atoms with Crippen LogP contribution in [0.1, 0.15) is 17.0 Å². The first-order valence-corrected chi connectivity index (χ1v) is 7.63. The zero-order valence-corrected chi connectivity index (χ0v) is 11.4. The molecule has 1 aromatic heterocycles. The molecule has 1 aromatic carbocycles. The highest BCUT2D eigenvalue weighted by Gasteiger charge is 2.08. The van der Waals surface area contributed by atoms with Crippen LogP contribution < -0.4 is 0 Å². The molecule has 0 radical (unpaired) electrons. The van der Waals surface area contributed by atoms with Crippen LogP contribution in [0.25, 0.3) is 0 Å². The lowest BCUT2D eigenvalue weighted by Gasteiger charge is -2.00. The zero-order chi connectivity index (χ0) is 12.8. The van der Waals surface area contributed by atoms with E-state index in [-0.39, 0.29) is 0 Å². The number of benzene rings is 1. The van der Waals surface area contributed by atoms with Crippen LogP contribution in [0.3, 0.4) is 0 Å². The van der Waals surface area contributed by atoms with E-state index < -0.39 is 0 Å². The smallest absolute Gasteiger partial charge is 0.276 e. The lowest BCUT2D eigenvalue weighted by molar-refractivity contribution is 0.426. The highest BCUT2D eigenvalue weighted by Crippen LogP contribution is 2.23. The molecular weight excluding hydrogens is 266 g/mol. The fraction of sp³-hybridized carbons (Fsp3) is 0.250. The first-order valence-electron chi connectivity index (χ1n) is 5.25. The minimum atomic E-state index is 0.548. The molecule has 2 rings (SSSR count). The predicted octanol–water partition coefficient (Wildman–Crippen LogP) is 3.10. The summed E-state index contributed by atoms with van der Waals surface area (Å²) in [6.07, 6.45) is 1.99. The number of nitrogens with zero attached hydrogens (tertiary/aromatic N) is 3. The topological polar surface area (TPSA) is 62.7 Å². The van der Waals surface area contributed by atoms with Crippen molar-refractivity contribution < 1.29 is 4.42 Å². The monoisotopic (exact) mass is 277 g/mol. The van der Waals surface area contributed by atoms with Gasteiger partial charge in [-0.05, 0) is 17.9 Å². The third-order valence-corrected chi connectivity index (χ3v) is 3.61. The zero-order valence-electron chi connectivity index (χ0n) is 9.79. The lowest BCUT2D eigenvalue weighted by atomic mass is 10.1. The molecule has 18 heavy (non-hydrogen) atoms. The summed E-state index contributed by atoms with van der Waals surface area (Å²) in [5.41, 5.74) is 1.67. The summed E-state index contributed by atoms with van der Waals surface area (Å²) in [6, 6.07) is 9.70. The van der Waals surface area contributed by atoms with Crippen LogP contribution in [-0.2, 0) is 11.5 Å². The Kier molecular flexibility index (Phi) is 4.67. The molecule has 0 aliphatic carbocycles. The Morgan fingerprint density at radius 3 is 2.89 bits per heavy atom. The number of thioether (sulfide) groups is 2. The first kappa shape index (κ1) is 13.0. The van der Waals surface area contributed by atoms with Gasteiger partial charge in [-0.3, -0.25) is 0 Å². The van der Waals surface area contributed by atoms with Crippen LogP contribution in [0.2, 0.25) is 0 Å². The minimum Gasteiger partial charge on any atom is -0.415 e. The summed E-state index contributed by atoms with van der Waals surface area (Å²) < 4.78 is 5.46. The van der Waals surface area contributed by atoms with Crippen LogP contribution in [-0.4, -0.2) is 16.5 Å². The Balaban J connectivity index is 2.00. The highest BCUT2D eigenvalue weighted by atomic mass is 32.2. The van der Waals surface area contributed by atoms with E-state index >= 15 is 0 Å². The van der Waals surface area contributed by atoms with Gasteiger partial charge < -0.3 is 4.42 Å². The lowest BCUT2D eigenvalue weighted by Crippen LogP contribution is -1.86. The van der Waals surface area contributed by atoms with Gasteiger partial charge in [-0.1, -0.05) is 30.0 Å². The number of hydrogen-bond donors (Lipinski definition) is 0. The van der Waals surface area contributed by atoms with E-state index in [1.807, 2.05) is 30.5 Å². The Hall–Kier alpha value is -1.45. The first-order chi connectivity index (χ1) is 8.83. The van der Waals surface area contributed by atoms with Gasteiger partial charge in [0.15, 0.2) is 0 Å². The molecule has 0 spiro atoms. The van der Waals surface area contributed by atoms with Crippen molar-refractivity contribution >= 4 is 23.5 Å². The second-order valence-corrected chi connectivity index (χ2v) is 5.24. The van der Waals surface area contributed by atoms with Gasteiger partial charge in [0.2, 0.25) is 5.89 Å². The van der Waals surface area contributed by atoms with Crippen molar-refractivity contribution in [2.45, 2.75) is 16.7 Å². The van der Waals surface area contributed by atoms with E-state index in [4.69, 9.17) is 9.68 Å². The molecule has 2 aromatic rings. The number of aromatic nitrogens is 2. The van der Waals surface area contributed by atoms with Crippen LogP contribution in [0.4, 0.5) is 0 Å². The van der Waals surface area contributed by atoms with Crippen molar-refractivity contribution in [3.8, 4) is 6.07 Å². The summed E-state index contributed by atoms with van der Waals surface area (Å²) in [5, 5.41) is 17.4. The quantitative estimate of drug-likeness (QED) is 0.783. The third-order valence-electron chi connectivity index (χ3n) is 2.21. The summed E-state index contributed by atoms with van der Waals surface area (Å²) >= 11 is 3.09. The van der Waals surface area contributed by atoms with Crippen molar-refractivity contribution in [3.63, 3.8) is 0 Å². The fourth-order valence-electron chi connectivity index (χ4n) is 1.37. The molecule has 0 saturated heterocycles. The van der Waals surface area contributed by atoms with Crippen LogP contribution >= 0.6 is 23.5 Å². The average Bonchev–Trinajstić information content (AvgIpc) is 2.85. The molecule has 1 heterocycles. The molecule has 0 aliphatic heterocycles. The summed E-state index contributed by atoms with van der Waals surface area (Å²) in [6.45, 7) is 0. The fourth-order valence-corrected chi connectivity index (χ4v) is 2.52. The maximum absolute atomic E-state index is 8.98. The van der Waals surface area contributed by atoms with Crippen molar-refractivity contribution in [1.82, 2.24) is 10.2 Å². The van der Waals surface area contributed by atoms with Crippen molar-refractivity contribution in [2.24, 2.45) is 0 Å². The van der Waals surface area contributed by atoms with Crippen molar-refractivity contribution in [1.29, 1.82) is 5.26 Å². The molecular formula is C12H11N3OS2. The van der Waals surface area contributed by atoms with Crippen LogP contribution in [0.15, 0.2) is 33.9 Å². The summed E-state index contributed by atoms with van der Waals surface area (Å²) in [5.74, 6) is 2.02. The van der Waals surface area contributed by atoms with Gasteiger partial charge in [0, 0.05) is 5.75 Å². The van der Waals surface area contributed by atoms with Gasteiger partial charge in [-0.25, -0.2) is 0 Å². The molecule has 92 valence electrons. The molecule has 0 fully saturated rings. The number of hydrogen-bond acceptors (Lipinski definition) is 6. The summed E-state index contributed by atoms with van der Waals surface area (Å²) in [7, 11) is 0.